The summed E-state index contributed by atoms with van der Waals surface area (Å²) < 4.78 is 5.04. The molecule has 2 N–H and O–H groups in total. The topological polar surface area (TPSA) is 84.5 Å². The minimum absolute atomic E-state index is 0.111. The number of rotatable bonds is 5. The first-order valence-corrected chi connectivity index (χ1v) is 9.48. The Morgan fingerprint density at radius 2 is 1.96 bits per heavy atom. The molecule has 0 bridgehead atoms. The Balaban J connectivity index is 1.51. The molecule has 0 saturated heterocycles. The van der Waals surface area contributed by atoms with Gasteiger partial charge in [-0.25, -0.2) is 4.79 Å². The van der Waals surface area contributed by atoms with Crippen molar-refractivity contribution in [1.82, 2.24) is 5.32 Å². The highest BCUT2D eigenvalue weighted by molar-refractivity contribution is 8.00. The standard InChI is InChI=1S/C19H17ClN2O4S/c1-11-18(24)22-15-8-13(4-7-16(15)27-11)19(25)26-10-17(23)21-9-12-2-5-14(20)6-3-12/h2-8,11H,9-10H2,1H3,(H,21,23)(H,22,24). The van der Waals surface area contributed by atoms with Gasteiger partial charge in [0, 0.05) is 16.5 Å². The summed E-state index contributed by atoms with van der Waals surface area (Å²) in [6.45, 7) is 1.74. The molecule has 0 aromatic heterocycles. The molecule has 0 saturated carbocycles. The molecule has 0 fully saturated rings. The summed E-state index contributed by atoms with van der Waals surface area (Å²) in [7, 11) is 0. The van der Waals surface area contributed by atoms with E-state index in [2.05, 4.69) is 10.6 Å². The van der Waals surface area contributed by atoms with Crippen molar-refractivity contribution < 1.29 is 19.1 Å². The molecule has 0 aliphatic carbocycles. The molecule has 1 unspecified atom stereocenters. The molecule has 8 heteroatoms. The van der Waals surface area contributed by atoms with Gasteiger partial charge in [0.05, 0.1) is 16.5 Å². The Hall–Kier alpha value is -2.51. The lowest BCUT2D eigenvalue weighted by molar-refractivity contribution is -0.124. The number of hydrogen-bond donors (Lipinski definition) is 2. The van der Waals surface area contributed by atoms with Gasteiger partial charge in [0.25, 0.3) is 5.91 Å². The number of fused-ring (bicyclic) bond motifs is 1. The van der Waals surface area contributed by atoms with E-state index in [1.54, 1.807) is 42.5 Å². The lowest BCUT2D eigenvalue weighted by atomic mass is 10.2. The molecular weight excluding hydrogens is 388 g/mol. The fraction of sp³-hybridized carbons (Fsp3) is 0.211. The second-order valence-corrected chi connectivity index (χ2v) is 7.76. The van der Waals surface area contributed by atoms with Crippen molar-refractivity contribution in [3.63, 3.8) is 0 Å². The Bertz CT molecular complexity index is 886. The number of ether oxygens (including phenoxy) is 1. The van der Waals surface area contributed by atoms with Crippen LogP contribution in [0.3, 0.4) is 0 Å². The van der Waals surface area contributed by atoms with Gasteiger partial charge in [-0.15, -0.1) is 11.8 Å². The first-order chi connectivity index (χ1) is 12.9. The van der Waals surface area contributed by atoms with Crippen LogP contribution in [0.2, 0.25) is 5.02 Å². The third-order valence-electron chi connectivity index (χ3n) is 3.88. The first kappa shape index (κ1) is 19.3. The normalized spacial score (nSPS) is 15.5. The molecule has 1 heterocycles. The maximum absolute atomic E-state index is 12.2. The Morgan fingerprint density at radius 1 is 1.22 bits per heavy atom. The van der Waals surface area contributed by atoms with Crippen molar-refractivity contribution in [2.45, 2.75) is 23.6 Å². The summed E-state index contributed by atoms with van der Waals surface area (Å²) in [4.78, 5) is 36.7. The van der Waals surface area contributed by atoms with Gasteiger partial charge in [0.15, 0.2) is 6.61 Å². The molecule has 3 rings (SSSR count). The van der Waals surface area contributed by atoms with Crippen LogP contribution in [-0.4, -0.2) is 29.6 Å². The molecule has 1 aliphatic heterocycles. The van der Waals surface area contributed by atoms with Crippen LogP contribution in [0.25, 0.3) is 0 Å². The predicted molar refractivity (Wildman–Crippen MR) is 104 cm³/mol. The summed E-state index contributed by atoms with van der Waals surface area (Å²) in [6, 6.07) is 12.0. The number of carbonyl (C=O) groups excluding carboxylic acids is 3. The smallest absolute Gasteiger partial charge is 0.338 e. The molecule has 1 aliphatic rings. The van der Waals surface area contributed by atoms with Gasteiger partial charge in [-0.3, -0.25) is 9.59 Å². The van der Waals surface area contributed by atoms with Crippen LogP contribution in [0.15, 0.2) is 47.4 Å². The number of thioether (sulfide) groups is 1. The van der Waals surface area contributed by atoms with Gasteiger partial charge in [0.2, 0.25) is 5.91 Å². The van der Waals surface area contributed by atoms with Crippen LogP contribution in [-0.2, 0) is 20.9 Å². The molecule has 2 aromatic rings. The van der Waals surface area contributed by atoms with Crippen molar-refractivity contribution in [3.05, 3.63) is 58.6 Å². The van der Waals surface area contributed by atoms with Crippen molar-refractivity contribution in [2.24, 2.45) is 0 Å². The number of halogens is 1. The third-order valence-corrected chi connectivity index (χ3v) is 5.31. The molecule has 1 atom stereocenters. The van der Waals surface area contributed by atoms with Crippen molar-refractivity contribution in [1.29, 1.82) is 0 Å². The highest BCUT2D eigenvalue weighted by Crippen LogP contribution is 2.35. The van der Waals surface area contributed by atoms with Crippen LogP contribution in [0.5, 0.6) is 0 Å². The predicted octanol–water partition coefficient (Wildman–Crippen LogP) is 3.25. The number of nitrogens with one attached hydrogen (secondary N) is 2. The number of carbonyl (C=O) groups is 3. The maximum Gasteiger partial charge on any atom is 0.338 e. The summed E-state index contributed by atoms with van der Waals surface area (Å²) in [5.41, 5.74) is 1.73. The summed E-state index contributed by atoms with van der Waals surface area (Å²) >= 11 is 7.23. The van der Waals surface area contributed by atoms with E-state index in [9.17, 15) is 14.4 Å². The average molecular weight is 405 g/mol. The molecule has 27 heavy (non-hydrogen) atoms. The van der Waals surface area contributed by atoms with Gasteiger partial charge in [-0.05, 0) is 42.8 Å². The van der Waals surface area contributed by atoms with E-state index >= 15 is 0 Å². The number of hydrogen-bond acceptors (Lipinski definition) is 5. The largest absolute Gasteiger partial charge is 0.452 e. The Kier molecular flexibility index (Phi) is 6.03. The quantitative estimate of drug-likeness (QED) is 0.747. The van der Waals surface area contributed by atoms with Gasteiger partial charge >= 0.3 is 5.97 Å². The molecule has 140 valence electrons. The molecule has 2 amide bonds. The van der Waals surface area contributed by atoms with Crippen molar-refractivity contribution >= 4 is 46.8 Å². The number of esters is 1. The number of anilines is 1. The summed E-state index contributed by atoms with van der Waals surface area (Å²) in [5, 5.41) is 5.86. The van der Waals surface area contributed by atoms with E-state index < -0.39 is 11.9 Å². The van der Waals surface area contributed by atoms with Crippen LogP contribution >= 0.6 is 23.4 Å². The molecular formula is C19H17ClN2O4S. The summed E-state index contributed by atoms with van der Waals surface area (Å²) in [6.07, 6.45) is 0. The van der Waals surface area contributed by atoms with E-state index in [-0.39, 0.29) is 23.3 Å². The monoisotopic (exact) mass is 404 g/mol. The highest BCUT2D eigenvalue weighted by atomic mass is 35.5. The fourth-order valence-corrected chi connectivity index (χ4v) is 3.46. The van der Waals surface area contributed by atoms with E-state index in [4.69, 9.17) is 16.3 Å². The van der Waals surface area contributed by atoms with Crippen molar-refractivity contribution in [3.8, 4) is 0 Å². The lowest BCUT2D eigenvalue weighted by Gasteiger charge is -2.21. The van der Waals surface area contributed by atoms with Gasteiger partial charge in [-0.1, -0.05) is 23.7 Å². The Labute approximate surface area is 165 Å². The highest BCUT2D eigenvalue weighted by Gasteiger charge is 2.24. The second-order valence-electron chi connectivity index (χ2n) is 5.94. The maximum atomic E-state index is 12.2. The minimum atomic E-state index is -0.627. The number of amides is 2. The number of benzene rings is 2. The minimum Gasteiger partial charge on any atom is -0.452 e. The van der Waals surface area contributed by atoms with Gasteiger partial charge in [0.1, 0.15) is 0 Å². The molecule has 6 nitrogen and oxygen atoms in total. The van der Waals surface area contributed by atoms with Crippen LogP contribution in [0, 0.1) is 0 Å². The zero-order chi connectivity index (χ0) is 19.4. The van der Waals surface area contributed by atoms with Crippen LogP contribution in [0.1, 0.15) is 22.8 Å². The van der Waals surface area contributed by atoms with E-state index in [0.29, 0.717) is 17.3 Å². The summed E-state index contributed by atoms with van der Waals surface area (Å²) in [5.74, 6) is -1.15. The van der Waals surface area contributed by atoms with E-state index in [0.717, 1.165) is 10.5 Å². The van der Waals surface area contributed by atoms with Crippen LogP contribution < -0.4 is 10.6 Å². The zero-order valence-corrected chi connectivity index (χ0v) is 16.0. The molecule has 0 spiro atoms. The Morgan fingerprint density at radius 3 is 2.70 bits per heavy atom. The van der Waals surface area contributed by atoms with Gasteiger partial charge < -0.3 is 15.4 Å². The van der Waals surface area contributed by atoms with Gasteiger partial charge in [-0.2, -0.15) is 0 Å². The second kappa shape index (κ2) is 8.45. The van der Waals surface area contributed by atoms with Crippen LogP contribution in [0.4, 0.5) is 5.69 Å². The average Bonchev–Trinajstić information content (AvgIpc) is 2.66. The molecule has 0 radical (unpaired) electrons. The first-order valence-electron chi connectivity index (χ1n) is 8.22. The zero-order valence-electron chi connectivity index (χ0n) is 14.5. The van der Waals surface area contributed by atoms with E-state index in [1.165, 1.54) is 11.8 Å². The lowest BCUT2D eigenvalue weighted by Crippen LogP contribution is -2.28. The van der Waals surface area contributed by atoms with Crippen molar-refractivity contribution in [2.75, 3.05) is 11.9 Å². The SMILES string of the molecule is CC1Sc2ccc(C(=O)OCC(=O)NCc3ccc(Cl)cc3)cc2NC1=O. The molecule has 2 aromatic carbocycles. The fourth-order valence-electron chi connectivity index (χ4n) is 2.40. The van der Waals surface area contributed by atoms with E-state index in [1.807, 2.05) is 6.92 Å². The third kappa shape index (κ3) is 5.02.